The molecule has 1 radical (unpaired) electrons. The van der Waals surface area contributed by atoms with Crippen molar-refractivity contribution in [1.82, 2.24) is 44.7 Å². The molecule has 2 aromatic carbocycles. The van der Waals surface area contributed by atoms with E-state index in [4.69, 9.17) is 38.3 Å². The Bertz CT molecular complexity index is 3580. The van der Waals surface area contributed by atoms with Crippen LogP contribution in [-0.4, -0.2) is 388 Å². The molecule has 0 unspecified atom stereocenters. The maximum absolute atomic E-state index is 12.6. The van der Waals surface area contributed by atoms with Gasteiger partial charge >= 0.3 is 0 Å². The van der Waals surface area contributed by atoms with Gasteiger partial charge in [-0.15, -0.1) is 7.05 Å². The summed E-state index contributed by atoms with van der Waals surface area (Å²) in [4.78, 5) is 119. The minimum absolute atomic E-state index is 0. The van der Waals surface area contributed by atoms with E-state index in [2.05, 4.69) is 98.9 Å². The third kappa shape index (κ3) is 38.4. The van der Waals surface area contributed by atoms with Crippen molar-refractivity contribution in [2.24, 2.45) is 61.6 Å². The van der Waals surface area contributed by atoms with Crippen LogP contribution in [-0.2, 0) is 81.6 Å². The summed E-state index contributed by atoms with van der Waals surface area (Å²) in [7, 11) is 25.6. The number of hydrogen-bond acceptors (Lipinski definition) is 34. The van der Waals surface area contributed by atoms with Gasteiger partial charge in [0.2, 0.25) is 0 Å². The first-order valence-electron chi connectivity index (χ1n) is 36.4. The number of amides is 6. The van der Waals surface area contributed by atoms with E-state index in [1.165, 1.54) is 61.7 Å². The second kappa shape index (κ2) is 59.8. The quantitative estimate of drug-likeness (QED) is 0.104. The number of nitrogens with one attached hydrogen (secondary N) is 1. The summed E-state index contributed by atoms with van der Waals surface area (Å²) in [5, 5.41) is 52.1. The maximum atomic E-state index is 12.6. The number of carbonyl (C=O) groups excluding carboxylic acids is 6. The number of anilines is 2. The van der Waals surface area contributed by atoms with Crippen molar-refractivity contribution in [3.63, 3.8) is 0 Å². The predicted octanol–water partition coefficient (Wildman–Crippen LogP) is 2.58. The Balaban J connectivity index is 0.000000691. The molecule has 6 amide bonds. The topological polar surface area (TPSA) is 411 Å². The first kappa shape index (κ1) is 103. The van der Waals surface area contributed by atoms with Crippen LogP contribution in [0.15, 0.2) is 122 Å². The zero-order valence-corrected chi connectivity index (χ0v) is 75.7. The molecule has 0 saturated carbocycles. The average Bonchev–Trinajstić information content (AvgIpc) is 1.82. The number of likely N-dealkylation sites (N-methyl/N-ethyl adjacent to an activating group) is 1. The molecule has 7 rings (SSSR count). The normalized spacial score (nSPS) is 16.6. The molecule has 5 aliphatic heterocycles. The van der Waals surface area contributed by atoms with Gasteiger partial charge in [0.05, 0.1) is 75.7 Å². The average molecular weight is 1830 g/mol. The van der Waals surface area contributed by atoms with Gasteiger partial charge in [-0.25, -0.2) is 0 Å². The zero-order chi connectivity index (χ0) is 84.9. The monoisotopic (exact) mass is 1830 g/mol. The van der Waals surface area contributed by atoms with Crippen LogP contribution < -0.4 is 15.4 Å². The Hall–Kier alpha value is -9.86. The number of hydrazone groups is 4. The van der Waals surface area contributed by atoms with Crippen LogP contribution in [0.25, 0.3) is 5.43 Å². The number of para-hydroxylation sites is 2. The third-order valence-corrected chi connectivity index (χ3v) is 15.9. The second-order valence-corrected chi connectivity index (χ2v) is 24.8. The molecule has 0 bridgehead atoms. The molecular weight excluding hydrogens is 1710 g/mol. The summed E-state index contributed by atoms with van der Waals surface area (Å²) in [5.74, 6) is -1.13. The number of hydrogen-bond donors (Lipinski definition) is 1. The molecule has 2 aromatic rings. The van der Waals surface area contributed by atoms with Crippen molar-refractivity contribution < 1.29 is 126 Å². The molecule has 0 aliphatic carbocycles. The molecule has 115 heavy (non-hydrogen) atoms. The van der Waals surface area contributed by atoms with Gasteiger partial charge in [-0.05, 0) is 85.8 Å². The third-order valence-electron chi connectivity index (χ3n) is 15.9. The van der Waals surface area contributed by atoms with E-state index in [1.54, 1.807) is 116 Å². The van der Waals surface area contributed by atoms with Crippen molar-refractivity contribution in [2.45, 2.75) is 48.0 Å². The van der Waals surface area contributed by atoms with Crippen molar-refractivity contribution >= 4 is 115 Å². The van der Waals surface area contributed by atoms with Crippen LogP contribution in [0, 0.1) is 44.1 Å². The standard InChI is InChI=1S/C16H22N4O3.C14H20N4O2.C12H22N4O3.C11H20N4O3.2C10H18N4O3.Ac/c1-13(17-19(2)14-7-5-4-6-8-14)15(18-22-3)16(21)20-9-11-23-12-10-20;1-11(13(16-20-5)14(19)17(2)3)15-18(4)12-9-7-6-8-10-12;1-10(13-18-3)11(14-19-4)12(17)16-7-5-6-15(2)8-9-16;1-9(13-17-4)10(12-14(2)3)11(16)15-5-7-18-8-6-15;2*1-8(13-16-3)9(12-11-2)10(15)14-4-6-17-7-5-14;/h4-8H,9-12H2,1-3H3;6-10H,1-5H3;5-9H2,1-4H3;5-8H2,1-4H3;4-7H2,1-3H3,(H,11,13,15);11H,4-7H2,1-3H3;/p-1. The van der Waals surface area contributed by atoms with E-state index in [0.29, 0.717) is 158 Å². The van der Waals surface area contributed by atoms with Crippen LogP contribution in [0.5, 0.6) is 0 Å². The minimum atomic E-state index is -0.255. The Labute approximate surface area is 711 Å². The molecule has 5 saturated heterocycles. The van der Waals surface area contributed by atoms with Gasteiger partial charge in [-0.2, -0.15) is 20.4 Å². The fourth-order valence-electron chi connectivity index (χ4n) is 10.2. The molecule has 5 heterocycles. The summed E-state index contributed by atoms with van der Waals surface area (Å²) in [6, 6.07) is 19.3. The Morgan fingerprint density at radius 2 is 0.687 bits per heavy atom. The van der Waals surface area contributed by atoms with Gasteiger partial charge < -0.3 is 108 Å². The SMILES string of the molecule is CNN=C(C(=O)N1CCOCC1)C(C)=NOC.CON=C(C(=O)N(C)C)C(C)=NN(C)c1ccccc1.CON=C(C(=O)N1CCOCC1)C(C)=NN(C)c1ccccc1.CON=C(C)C(=NN(C)C)C(=O)N1CCOCC1.CON=C(C)C(=NOC)C(=O)N1CCCN(C)CC1.C[N-]N=C(C(=O)N1CCOCC1)C(C)=NOC.[Ac]. The van der Waals surface area contributed by atoms with E-state index in [0.717, 1.165) is 30.9 Å². The smallest absolute Gasteiger partial charge is 0.278 e. The number of nitrogens with zero attached hydrogens (tertiary/aromatic N) is 23. The maximum Gasteiger partial charge on any atom is 0.278 e. The van der Waals surface area contributed by atoms with E-state index >= 15 is 0 Å². The zero-order valence-electron chi connectivity index (χ0n) is 70.9. The first-order chi connectivity index (χ1) is 54.7. The second-order valence-electron chi connectivity index (χ2n) is 24.8. The summed E-state index contributed by atoms with van der Waals surface area (Å²) >= 11 is 0. The van der Waals surface area contributed by atoms with E-state index < -0.39 is 0 Å². The predicted molar refractivity (Wildman–Crippen MR) is 441 cm³/mol. The number of rotatable bonds is 26. The molecule has 637 valence electrons. The Kier molecular flexibility index (Phi) is 53.6. The largest absolute Gasteiger partial charge is 0.604 e. The van der Waals surface area contributed by atoms with Crippen molar-refractivity contribution in [3.05, 3.63) is 66.1 Å². The van der Waals surface area contributed by atoms with Gasteiger partial charge in [0.25, 0.3) is 35.4 Å². The molecular formula is C73H119AcN24O17-. The summed E-state index contributed by atoms with van der Waals surface area (Å²) in [6.45, 7) is 22.3. The van der Waals surface area contributed by atoms with Gasteiger partial charge in [-0.3, -0.25) is 38.8 Å². The minimum Gasteiger partial charge on any atom is -0.604 e. The molecule has 42 heteroatoms. The number of morpholine rings is 4. The van der Waals surface area contributed by atoms with Crippen LogP contribution in [0.3, 0.4) is 0 Å². The van der Waals surface area contributed by atoms with Crippen molar-refractivity contribution in [2.75, 3.05) is 255 Å². The molecule has 41 nitrogen and oxygen atoms in total. The van der Waals surface area contributed by atoms with Gasteiger partial charge in [0, 0.05) is 165 Å². The number of oxime groups is 7. The molecule has 5 aliphatic rings. The van der Waals surface area contributed by atoms with E-state index in [9.17, 15) is 28.8 Å². The van der Waals surface area contributed by atoms with Gasteiger partial charge in [-0.1, -0.05) is 72.5 Å². The molecule has 0 aromatic heterocycles. The van der Waals surface area contributed by atoms with Crippen LogP contribution in [0.2, 0.25) is 0 Å². The van der Waals surface area contributed by atoms with Crippen LogP contribution in [0.1, 0.15) is 48.0 Å². The molecule has 1 N–H and O–H groups in total. The molecule has 5 fully saturated rings. The molecule has 0 atom stereocenters. The van der Waals surface area contributed by atoms with Crippen molar-refractivity contribution in [3.8, 4) is 0 Å². The molecule has 0 spiro atoms. The Morgan fingerprint density at radius 1 is 0.383 bits per heavy atom. The fraction of sp³-hybridized carbons (Fsp3) is 0.589. The first-order valence-corrected chi connectivity index (χ1v) is 36.4. The number of benzene rings is 2. The summed E-state index contributed by atoms with van der Waals surface area (Å²) in [5.41, 5.74) is 12.1. The summed E-state index contributed by atoms with van der Waals surface area (Å²) < 4.78 is 20.9. The van der Waals surface area contributed by atoms with Gasteiger partial charge in [0.15, 0.2) is 28.6 Å². The fourth-order valence-corrected chi connectivity index (χ4v) is 10.2. The number of carbonyl (C=O) groups is 6. The van der Waals surface area contributed by atoms with Crippen LogP contribution >= 0.6 is 0 Å². The van der Waals surface area contributed by atoms with E-state index in [1.807, 2.05) is 74.8 Å². The number of ether oxygens (including phenoxy) is 4. The Morgan fingerprint density at radius 3 is 1.03 bits per heavy atom. The van der Waals surface area contributed by atoms with Crippen molar-refractivity contribution in [1.29, 1.82) is 0 Å². The van der Waals surface area contributed by atoms with E-state index in [-0.39, 0.29) is 108 Å². The van der Waals surface area contributed by atoms with Gasteiger partial charge in [0.1, 0.15) is 78.3 Å². The van der Waals surface area contributed by atoms with Crippen LogP contribution in [0.4, 0.5) is 11.4 Å². The summed E-state index contributed by atoms with van der Waals surface area (Å²) in [6.07, 6.45) is 0.947.